The van der Waals surface area contributed by atoms with Crippen molar-refractivity contribution in [1.29, 1.82) is 0 Å². The Morgan fingerprint density at radius 3 is 2.73 bits per heavy atom. The molecule has 11 heavy (non-hydrogen) atoms. The molecule has 0 aliphatic carbocycles. The van der Waals surface area contributed by atoms with Crippen LogP contribution in [0.5, 0.6) is 0 Å². The number of aryl methyl sites for hydroxylation is 1. The van der Waals surface area contributed by atoms with Crippen molar-refractivity contribution in [3.8, 4) is 0 Å². The summed E-state index contributed by atoms with van der Waals surface area (Å²) in [6, 6.07) is 0. The van der Waals surface area contributed by atoms with Crippen LogP contribution in [0.1, 0.15) is 25.1 Å². The summed E-state index contributed by atoms with van der Waals surface area (Å²) in [6.07, 6.45) is 6.11. The van der Waals surface area contributed by atoms with E-state index in [1.54, 1.807) is 0 Å². The lowest BCUT2D eigenvalue weighted by atomic mass is 10.1. The number of nitrogens with one attached hydrogen (secondary N) is 1. The molecule has 0 amide bonds. The first-order valence-corrected chi connectivity index (χ1v) is 3.88. The third-order valence-electron chi connectivity index (χ3n) is 1.53. The number of rotatable bonds is 2. The van der Waals surface area contributed by atoms with Crippen molar-refractivity contribution in [2.24, 2.45) is 5.92 Å². The maximum absolute atomic E-state index is 3.92. The van der Waals surface area contributed by atoms with Gasteiger partial charge in [0.15, 0.2) is 0 Å². The van der Waals surface area contributed by atoms with Crippen LogP contribution in [0.15, 0.2) is 12.3 Å². The summed E-state index contributed by atoms with van der Waals surface area (Å²) in [7, 11) is 0. The van der Waals surface area contributed by atoms with Gasteiger partial charge in [-0.3, -0.25) is 5.10 Å². The highest BCUT2D eigenvalue weighted by atomic mass is 15.1. The van der Waals surface area contributed by atoms with Gasteiger partial charge in [-0.1, -0.05) is 26.0 Å². The number of aromatic amines is 1. The molecule has 0 saturated heterocycles. The SMILES string of the molecule is Cc1[nH]ncc1/C=C\C(C)C. The largest absolute Gasteiger partial charge is 0.282 e. The lowest BCUT2D eigenvalue weighted by Gasteiger charge is -1.92. The summed E-state index contributed by atoms with van der Waals surface area (Å²) >= 11 is 0. The second kappa shape index (κ2) is 3.37. The van der Waals surface area contributed by atoms with E-state index in [-0.39, 0.29) is 0 Å². The van der Waals surface area contributed by atoms with Crippen LogP contribution < -0.4 is 0 Å². The maximum Gasteiger partial charge on any atom is 0.0562 e. The maximum atomic E-state index is 3.92. The molecule has 1 aromatic rings. The lowest BCUT2D eigenvalue weighted by molar-refractivity contribution is 0.836. The van der Waals surface area contributed by atoms with Crippen LogP contribution in [0.3, 0.4) is 0 Å². The average molecular weight is 150 g/mol. The van der Waals surface area contributed by atoms with Crippen molar-refractivity contribution in [3.63, 3.8) is 0 Å². The Hall–Kier alpha value is -1.05. The highest BCUT2D eigenvalue weighted by Gasteiger charge is 1.93. The van der Waals surface area contributed by atoms with Gasteiger partial charge in [0.25, 0.3) is 0 Å². The van der Waals surface area contributed by atoms with Crippen molar-refractivity contribution < 1.29 is 0 Å². The Morgan fingerprint density at radius 2 is 2.27 bits per heavy atom. The second-order valence-corrected chi connectivity index (χ2v) is 3.05. The zero-order chi connectivity index (χ0) is 8.27. The molecule has 2 nitrogen and oxygen atoms in total. The van der Waals surface area contributed by atoms with Crippen LogP contribution in [0.4, 0.5) is 0 Å². The summed E-state index contributed by atoms with van der Waals surface area (Å²) < 4.78 is 0. The summed E-state index contributed by atoms with van der Waals surface area (Å²) in [5.74, 6) is 0.601. The molecule has 0 fully saturated rings. The third kappa shape index (κ3) is 2.22. The minimum Gasteiger partial charge on any atom is -0.282 e. The van der Waals surface area contributed by atoms with Crippen LogP contribution in [0, 0.1) is 12.8 Å². The van der Waals surface area contributed by atoms with Gasteiger partial charge in [-0.25, -0.2) is 0 Å². The quantitative estimate of drug-likeness (QED) is 0.689. The third-order valence-corrected chi connectivity index (χ3v) is 1.53. The molecule has 0 bridgehead atoms. The van der Waals surface area contributed by atoms with Crippen molar-refractivity contribution >= 4 is 6.08 Å². The van der Waals surface area contributed by atoms with Crippen LogP contribution in [-0.4, -0.2) is 10.2 Å². The first-order valence-electron chi connectivity index (χ1n) is 3.88. The minimum atomic E-state index is 0.601. The summed E-state index contributed by atoms with van der Waals surface area (Å²) in [5, 5.41) is 6.81. The first-order chi connectivity index (χ1) is 5.20. The summed E-state index contributed by atoms with van der Waals surface area (Å²) in [5.41, 5.74) is 2.31. The predicted molar refractivity (Wildman–Crippen MR) is 47.2 cm³/mol. The van der Waals surface area contributed by atoms with Gasteiger partial charge in [-0.05, 0) is 12.8 Å². The molecule has 0 atom stereocenters. The van der Waals surface area contributed by atoms with Crippen molar-refractivity contribution in [2.45, 2.75) is 20.8 Å². The van der Waals surface area contributed by atoms with Crippen molar-refractivity contribution in [2.75, 3.05) is 0 Å². The number of hydrogen-bond donors (Lipinski definition) is 1. The molecular formula is C9H14N2. The molecule has 0 saturated carbocycles. The van der Waals surface area contributed by atoms with Gasteiger partial charge in [0.1, 0.15) is 0 Å². The Bertz CT molecular complexity index is 246. The zero-order valence-corrected chi connectivity index (χ0v) is 7.26. The lowest BCUT2D eigenvalue weighted by Crippen LogP contribution is -1.78. The number of hydrogen-bond acceptors (Lipinski definition) is 1. The Balaban J connectivity index is 2.71. The Kier molecular flexibility index (Phi) is 2.47. The van der Waals surface area contributed by atoms with E-state index in [1.807, 2.05) is 13.1 Å². The molecule has 0 aromatic carbocycles. The second-order valence-electron chi connectivity index (χ2n) is 3.05. The van der Waals surface area contributed by atoms with E-state index >= 15 is 0 Å². The Morgan fingerprint density at radius 1 is 1.55 bits per heavy atom. The molecule has 0 radical (unpaired) electrons. The average Bonchev–Trinajstić information content (AvgIpc) is 2.31. The molecule has 0 aliphatic rings. The predicted octanol–water partition coefficient (Wildman–Crippen LogP) is 2.39. The fraction of sp³-hybridized carbons (Fsp3) is 0.444. The zero-order valence-electron chi connectivity index (χ0n) is 7.26. The molecule has 0 spiro atoms. The molecule has 1 rings (SSSR count). The van der Waals surface area contributed by atoms with Crippen LogP contribution in [0.2, 0.25) is 0 Å². The normalized spacial score (nSPS) is 11.6. The van der Waals surface area contributed by atoms with Crippen molar-refractivity contribution in [3.05, 3.63) is 23.5 Å². The minimum absolute atomic E-state index is 0.601. The molecule has 0 aliphatic heterocycles. The topological polar surface area (TPSA) is 28.7 Å². The molecule has 1 heterocycles. The molecule has 2 heteroatoms. The van der Waals surface area contributed by atoms with Gasteiger partial charge in [0.2, 0.25) is 0 Å². The van der Waals surface area contributed by atoms with E-state index in [4.69, 9.17) is 0 Å². The number of nitrogens with zero attached hydrogens (tertiary/aromatic N) is 1. The van der Waals surface area contributed by atoms with E-state index in [0.29, 0.717) is 5.92 Å². The Labute approximate surface area is 67.3 Å². The molecular weight excluding hydrogens is 136 g/mol. The van der Waals surface area contributed by atoms with Crippen molar-refractivity contribution in [1.82, 2.24) is 10.2 Å². The number of H-pyrrole nitrogens is 1. The molecule has 1 aromatic heterocycles. The highest BCUT2D eigenvalue weighted by molar-refractivity contribution is 5.50. The summed E-state index contributed by atoms with van der Waals surface area (Å²) in [6.45, 7) is 6.34. The van der Waals surface area contributed by atoms with E-state index in [9.17, 15) is 0 Å². The van der Waals surface area contributed by atoms with Gasteiger partial charge in [0.05, 0.1) is 6.20 Å². The van der Waals surface area contributed by atoms with Crippen LogP contribution >= 0.6 is 0 Å². The standard InChI is InChI=1S/C9H14N2/c1-7(2)4-5-9-6-10-11-8(9)3/h4-7H,1-3H3,(H,10,11)/b5-4-. The molecule has 0 unspecified atom stereocenters. The van der Waals surface area contributed by atoms with Gasteiger partial charge in [-0.15, -0.1) is 0 Å². The van der Waals surface area contributed by atoms with E-state index < -0.39 is 0 Å². The first kappa shape index (κ1) is 8.05. The molecule has 1 N–H and O–H groups in total. The van der Waals surface area contributed by atoms with Crippen LogP contribution in [-0.2, 0) is 0 Å². The van der Waals surface area contributed by atoms with E-state index in [0.717, 1.165) is 5.69 Å². The van der Waals surface area contributed by atoms with E-state index in [1.165, 1.54) is 5.56 Å². The van der Waals surface area contributed by atoms with Gasteiger partial charge in [0, 0.05) is 11.3 Å². The van der Waals surface area contributed by atoms with Gasteiger partial charge >= 0.3 is 0 Å². The van der Waals surface area contributed by atoms with Gasteiger partial charge in [-0.2, -0.15) is 5.10 Å². The fourth-order valence-electron chi connectivity index (χ4n) is 0.824. The monoisotopic (exact) mass is 150 g/mol. The number of allylic oxidation sites excluding steroid dienone is 1. The van der Waals surface area contributed by atoms with Gasteiger partial charge < -0.3 is 0 Å². The highest BCUT2D eigenvalue weighted by Crippen LogP contribution is 2.06. The molecule has 60 valence electrons. The van der Waals surface area contributed by atoms with E-state index in [2.05, 4.69) is 36.2 Å². The van der Waals surface area contributed by atoms with Crippen LogP contribution in [0.25, 0.3) is 6.08 Å². The summed E-state index contributed by atoms with van der Waals surface area (Å²) in [4.78, 5) is 0. The smallest absolute Gasteiger partial charge is 0.0562 e. The number of aromatic nitrogens is 2. The fourth-order valence-corrected chi connectivity index (χ4v) is 0.824.